The van der Waals surface area contributed by atoms with Crippen molar-refractivity contribution in [2.45, 2.75) is 65.0 Å². The van der Waals surface area contributed by atoms with Gasteiger partial charge in [0.2, 0.25) is 5.91 Å². The molecule has 0 aromatic heterocycles. The van der Waals surface area contributed by atoms with Crippen LogP contribution in [-0.2, 0) is 16.1 Å². The number of nitrogens with one attached hydrogen (secondary N) is 2. The first-order chi connectivity index (χ1) is 12.7. The van der Waals surface area contributed by atoms with Gasteiger partial charge in [0.05, 0.1) is 12.0 Å². The quantitative estimate of drug-likeness (QED) is 0.651. The number of amides is 2. The van der Waals surface area contributed by atoms with Crippen molar-refractivity contribution < 1.29 is 19.5 Å². The highest BCUT2D eigenvalue weighted by molar-refractivity contribution is 5.95. The lowest BCUT2D eigenvalue weighted by Gasteiger charge is -2.33. The minimum Gasteiger partial charge on any atom is -0.481 e. The predicted octanol–water partition coefficient (Wildman–Crippen LogP) is 3.11. The minimum absolute atomic E-state index is 0.0253. The molecule has 6 nitrogen and oxygen atoms in total. The first-order valence-corrected chi connectivity index (χ1v) is 9.62. The largest absolute Gasteiger partial charge is 0.481 e. The van der Waals surface area contributed by atoms with Gasteiger partial charge in [-0.2, -0.15) is 0 Å². The van der Waals surface area contributed by atoms with E-state index in [0.29, 0.717) is 12.1 Å². The maximum Gasteiger partial charge on any atom is 0.305 e. The third kappa shape index (κ3) is 5.81. The maximum absolute atomic E-state index is 12.5. The predicted molar refractivity (Wildman–Crippen MR) is 103 cm³/mol. The van der Waals surface area contributed by atoms with Gasteiger partial charge in [0, 0.05) is 18.0 Å². The summed E-state index contributed by atoms with van der Waals surface area (Å²) in [7, 11) is 0. The van der Waals surface area contributed by atoms with Crippen LogP contribution < -0.4 is 10.6 Å². The van der Waals surface area contributed by atoms with Gasteiger partial charge >= 0.3 is 5.97 Å². The summed E-state index contributed by atoms with van der Waals surface area (Å²) in [4.78, 5) is 35.7. The van der Waals surface area contributed by atoms with Crippen molar-refractivity contribution in [3.8, 4) is 0 Å². The van der Waals surface area contributed by atoms with Crippen LogP contribution in [0.2, 0.25) is 0 Å². The number of aliphatic carboxylic acids is 1. The molecule has 1 unspecified atom stereocenters. The summed E-state index contributed by atoms with van der Waals surface area (Å²) in [6.07, 6.45) is 4.05. The molecule has 1 fully saturated rings. The molecule has 27 heavy (non-hydrogen) atoms. The molecule has 1 aromatic carbocycles. The molecule has 1 saturated carbocycles. The number of benzene rings is 1. The van der Waals surface area contributed by atoms with E-state index in [1.165, 1.54) is 0 Å². The molecule has 0 heterocycles. The van der Waals surface area contributed by atoms with Crippen molar-refractivity contribution in [2.75, 3.05) is 0 Å². The molecule has 1 aliphatic carbocycles. The molecule has 1 atom stereocenters. The summed E-state index contributed by atoms with van der Waals surface area (Å²) >= 11 is 0. The van der Waals surface area contributed by atoms with Crippen LogP contribution in [0.15, 0.2) is 24.3 Å². The maximum atomic E-state index is 12.5. The van der Waals surface area contributed by atoms with E-state index in [-0.39, 0.29) is 30.1 Å². The molecular weight excluding hydrogens is 344 g/mol. The fourth-order valence-electron chi connectivity index (χ4n) is 3.33. The van der Waals surface area contributed by atoms with Crippen LogP contribution in [0, 0.1) is 11.8 Å². The second-order valence-electron chi connectivity index (χ2n) is 7.99. The van der Waals surface area contributed by atoms with Crippen LogP contribution in [0.3, 0.4) is 0 Å². The molecule has 3 N–H and O–H groups in total. The molecular formula is C21H30N2O4. The number of hydrogen-bond donors (Lipinski definition) is 3. The van der Waals surface area contributed by atoms with Crippen LogP contribution in [0.1, 0.15) is 68.8 Å². The van der Waals surface area contributed by atoms with Crippen molar-refractivity contribution in [1.82, 2.24) is 10.6 Å². The molecule has 0 saturated heterocycles. The third-order valence-corrected chi connectivity index (χ3v) is 5.60. The molecule has 0 aliphatic heterocycles. The third-order valence-electron chi connectivity index (χ3n) is 5.60. The first-order valence-electron chi connectivity index (χ1n) is 9.62. The van der Waals surface area contributed by atoms with E-state index in [9.17, 15) is 14.4 Å². The standard InChI is InChI=1S/C21H30N2O4/c1-14(2)21(3,12-18(24)25)23-20(27)17-10-8-15(9-11-17)13-22-19(26)16-6-4-5-7-16/h8-11,14,16H,4-7,12-13H2,1-3H3,(H,22,26)(H,23,27)(H,24,25). The van der Waals surface area contributed by atoms with Crippen LogP contribution >= 0.6 is 0 Å². The highest BCUT2D eigenvalue weighted by Crippen LogP contribution is 2.25. The molecule has 1 aromatic rings. The summed E-state index contributed by atoms with van der Waals surface area (Å²) in [6, 6.07) is 7.03. The monoisotopic (exact) mass is 374 g/mol. The zero-order chi connectivity index (χ0) is 20.0. The van der Waals surface area contributed by atoms with Crippen molar-refractivity contribution in [3.63, 3.8) is 0 Å². The minimum atomic E-state index is -0.945. The Kier molecular flexibility index (Phi) is 6.99. The summed E-state index contributed by atoms with van der Waals surface area (Å²) < 4.78 is 0. The van der Waals surface area contributed by atoms with Crippen molar-refractivity contribution in [1.29, 1.82) is 0 Å². The number of rotatable bonds is 8. The Morgan fingerprint density at radius 3 is 2.26 bits per heavy atom. The number of carbonyl (C=O) groups is 3. The Bertz CT molecular complexity index is 678. The van der Waals surface area contributed by atoms with Gasteiger partial charge < -0.3 is 15.7 Å². The fourth-order valence-corrected chi connectivity index (χ4v) is 3.33. The summed E-state index contributed by atoms with van der Waals surface area (Å²) in [5, 5.41) is 14.9. The zero-order valence-corrected chi connectivity index (χ0v) is 16.4. The summed E-state index contributed by atoms with van der Waals surface area (Å²) in [6.45, 7) is 5.97. The Balaban J connectivity index is 1.94. The van der Waals surface area contributed by atoms with Crippen molar-refractivity contribution >= 4 is 17.8 Å². The van der Waals surface area contributed by atoms with E-state index in [2.05, 4.69) is 10.6 Å². The summed E-state index contributed by atoms with van der Waals surface area (Å²) in [5.41, 5.74) is 0.574. The Labute approximate surface area is 160 Å². The Morgan fingerprint density at radius 1 is 1.15 bits per heavy atom. The fraction of sp³-hybridized carbons (Fsp3) is 0.571. The SMILES string of the molecule is CC(C)C(C)(CC(=O)O)NC(=O)c1ccc(CNC(=O)C2CCCC2)cc1. The van der Waals surface area contributed by atoms with E-state index in [1.54, 1.807) is 19.1 Å². The number of carboxylic acid groups (broad SMARTS) is 1. The Hall–Kier alpha value is -2.37. The second kappa shape index (κ2) is 9.02. The number of carbonyl (C=O) groups excluding carboxylic acids is 2. The Morgan fingerprint density at radius 2 is 1.74 bits per heavy atom. The molecule has 0 radical (unpaired) electrons. The second-order valence-corrected chi connectivity index (χ2v) is 7.99. The first kappa shape index (κ1) is 20.9. The highest BCUT2D eigenvalue weighted by Gasteiger charge is 2.33. The topological polar surface area (TPSA) is 95.5 Å². The molecule has 0 bridgehead atoms. The van der Waals surface area contributed by atoms with Gasteiger partial charge in [-0.3, -0.25) is 14.4 Å². The smallest absolute Gasteiger partial charge is 0.305 e. The van der Waals surface area contributed by atoms with E-state index in [4.69, 9.17) is 5.11 Å². The zero-order valence-electron chi connectivity index (χ0n) is 16.4. The number of carboxylic acids is 1. The van der Waals surface area contributed by atoms with Gasteiger partial charge in [0.15, 0.2) is 0 Å². The van der Waals surface area contributed by atoms with Gasteiger partial charge in [-0.15, -0.1) is 0 Å². The molecule has 6 heteroatoms. The van der Waals surface area contributed by atoms with E-state index in [1.807, 2.05) is 26.0 Å². The van der Waals surface area contributed by atoms with E-state index < -0.39 is 11.5 Å². The average Bonchev–Trinajstić information content (AvgIpc) is 3.14. The van der Waals surface area contributed by atoms with Crippen molar-refractivity contribution in [3.05, 3.63) is 35.4 Å². The molecule has 0 spiro atoms. The molecule has 1 aliphatic rings. The van der Waals surface area contributed by atoms with Gasteiger partial charge in [0.25, 0.3) is 5.91 Å². The molecule has 148 valence electrons. The van der Waals surface area contributed by atoms with Gasteiger partial charge in [-0.05, 0) is 43.4 Å². The van der Waals surface area contributed by atoms with Gasteiger partial charge in [-0.1, -0.05) is 38.8 Å². The van der Waals surface area contributed by atoms with Crippen LogP contribution in [0.25, 0.3) is 0 Å². The lowest BCUT2D eigenvalue weighted by Crippen LogP contribution is -2.51. The van der Waals surface area contributed by atoms with Gasteiger partial charge in [0.1, 0.15) is 0 Å². The lowest BCUT2D eigenvalue weighted by atomic mass is 9.85. The summed E-state index contributed by atoms with van der Waals surface area (Å²) in [5.74, 6) is -1.02. The van der Waals surface area contributed by atoms with E-state index >= 15 is 0 Å². The van der Waals surface area contributed by atoms with Crippen LogP contribution in [0.4, 0.5) is 0 Å². The van der Waals surface area contributed by atoms with Crippen LogP contribution in [0.5, 0.6) is 0 Å². The molecule has 2 amide bonds. The van der Waals surface area contributed by atoms with E-state index in [0.717, 1.165) is 31.2 Å². The highest BCUT2D eigenvalue weighted by atomic mass is 16.4. The van der Waals surface area contributed by atoms with Crippen LogP contribution in [-0.4, -0.2) is 28.4 Å². The number of hydrogen-bond acceptors (Lipinski definition) is 3. The lowest BCUT2D eigenvalue weighted by molar-refractivity contribution is -0.139. The average molecular weight is 374 g/mol. The van der Waals surface area contributed by atoms with Crippen molar-refractivity contribution in [2.24, 2.45) is 11.8 Å². The molecule has 2 rings (SSSR count). The normalized spacial score (nSPS) is 16.7. The van der Waals surface area contributed by atoms with Gasteiger partial charge in [-0.25, -0.2) is 0 Å².